The summed E-state index contributed by atoms with van der Waals surface area (Å²) in [6.45, 7) is 0.380. The Bertz CT molecular complexity index is 498. The van der Waals surface area contributed by atoms with Crippen molar-refractivity contribution in [3.63, 3.8) is 0 Å². The van der Waals surface area contributed by atoms with Gasteiger partial charge in [-0.25, -0.2) is 9.37 Å². The van der Waals surface area contributed by atoms with Crippen LogP contribution in [0.1, 0.15) is 5.69 Å². The van der Waals surface area contributed by atoms with Crippen LogP contribution < -0.4 is 5.32 Å². The van der Waals surface area contributed by atoms with E-state index >= 15 is 0 Å². The van der Waals surface area contributed by atoms with E-state index < -0.39 is 5.82 Å². The first-order chi connectivity index (χ1) is 7.65. The third kappa shape index (κ3) is 2.46. The highest BCUT2D eigenvalue weighted by atomic mass is 35.5. The first-order valence-electron chi connectivity index (χ1n) is 4.55. The van der Waals surface area contributed by atoms with Gasteiger partial charge in [0.15, 0.2) is 11.6 Å². The Morgan fingerprint density at radius 2 is 2.38 bits per heavy atom. The van der Waals surface area contributed by atoms with E-state index in [-0.39, 0.29) is 11.1 Å². The molecule has 1 N–H and O–H groups in total. The third-order valence-corrected chi connectivity index (χ3v) is 2.10. The molecule has 0 aliphatic heterocycles. The van der Waals surface area contributed by atoms with Gasteiger partial charge < -0.3 is 5.32 Å². The number of anilines is 1. The van der Waals surface area contributed by atoms with Gasteiger partial charge in [-0.05, 0) is 17.7 Å². The molecule has 2 aromatic heterocycles. The van der Waals surface area contributed by atoms with Crippen LogP contribution in [0.2, 0.25) is 5.28 Å². The molecule has 0 amide bonds. The predicted molar refractivity (Wildman–Crippen MR) is 57.5 cm³/mol. The Morgan fingerprint density at radius 1 is 1.56 bits per heavy atom. The Kier molecular flexibility index (Phi) is 3.00. The maximum atomic E-state index is 13.2. The largest absolute Gasteiger partial charge is 0.362 e. The smallest absolute Gasteiger partial charge is 0.224 e. The lowest BCUT2D eigenvalue weighted by Gasteiger charge is -2.04. The minimum atomic E-state index is -0.541. The molecular formula is C9H9ClFN5. The SMILES string of the molecule is Cn1ccc(CNc2nc(Cl)ncc2F)n1. The molecule has 2 rings (SSSR count). The summed E-state index contributed by atoms with van der Waals surface area (Å²) in [5.74, 6) is -0.467. The normalized spacial score (nSPS) is 10.4. The van der Waals surface area contributed by atoms with Crippen LogP contribution >= 0.6 is 11.6 Å². The molecule has 0 spiro atoms. The molecule has 0 saturated carbocycles. The van der Waals surface area contributed by atoms with Crippen LogP contribution in [-0.2, 0) is 13.6 Å². The van der Waals surface area contributed by atoms with E-state index in [4.69, 9.17) is 11.6 Å². The number of nitrogens with one attached hydrogen (secondary N) is 1. The average molecular weight is 242 g/mol. The monoisotopic (exact) mass is 241 g/mol. The van der Waals surface area contributed by atoms with Gasteiger partial charge >= 0.3 is 0 Å². The minimum absolute atomic E-state index is 0.00456. The van der Waals surface area contributed by atoms with Crippen LogP contribution in [0.25, 0.3) is 0 Å². The van der Waals surface area contributed by atoms with Gasteiger partial charge in [0, 0.05) is 13.2 Å². The molecular weight excluding hydrogens is 233 g/mol. The molecule has 0 radical (unpaired) electrons. The number of hydrogen-bond acceptors (Lipinski definition) is 4. The van der Waals surface area contributed by atoms with E-state index in [0.29, 0.717) is 6.54 Å². The first kappa shape index (κ1) is 10.8. The van der Waals surface area contributed by atoms with Crippen molar-refractivity contribution >= 4 is 17.4 Å². The molecule has 0 aliphatic carbocycles. The van der Waals surface area contributed by atoms with Crippen LogP contribution in [0.5, 0.6) is 0 Å². The highest BCUT2D eigenvalue weighted by molar-refractivity contribution is 6.28. The zero-order valence-electron chi connectivity index (χ0n) is 8.48. The second-order valence-electron chi connectivity index (χ2n) is 3.17. The molecule has 7 heteroatoms. The Hall–Kier alpha value is -1.69. The number of halogens is 2. The Labute approximate surface area is 96.3 Å². The summed E-state index contributed by atoms with van der Waals surface area (Å²) in [6.07, 6.45) is 2.83. The van der Waals surface area contributed by atoms with E-state index in [0.717, 1.165) is 11.9 Å². The lowest BCUT2D eigenvalue weighted by Crippen LogP contribution is -2.05. The van der Waals surface area contributed by atoms with Crippen LogP contribution in [0.15, 0.2) is 18.5 Å². The number of hydrogen-bond donors (Lipinski definition) is 1. The fourth-order valence-electron chi connectivity index (χ4n) is 1.20. The Morgan fingerprint density at radius 3 is 3.06 bits per heavy atom. The maximum absolute atomic E-state index is 13.2. The number of aryl methyl sites for hydroxylation is 1. The summed E-state index contributed by atoms with van der Waals surface area (Å²) in [5.41, 5.74) is 0.789. The zero-order valence-corrected chi connectivity index (χ0v) is 9.24. The molecule has 0 unspecified atom stereocenters. The fraction of sp³-hybridized carbons (Fsp3) is 0.222. The van der Waals surface area contributed by atoms with Gasteiger partial charge in [-0.2, -0.15) is 10.1 Å². The molecule has 84 valence electrons. The van der Waals surface area contributed by atoms with Crippen molar-refractivity contribution in [1.29, 1.82) is 0 Å². The van der Waals surface area contributed by atoms with E-state index in [9.17, 15) is 4.39 Å². The summed E-state index contributed by atoms with van der Waals surface area (Å²) in [7, 11) is 1.81. The van der Waals surface area contributed by atoms with E-state index in [1.165, 1.54) is 0 Å². The summed E-state index contributed by atoms with van der Waals surface area (Å²) < 4.78 is 14.9. The molecule has 0 aliphatic rings. The van der Waals surface area contributed by atoms with Gasteiger partial charge in [-0.15, -0.1) is 0 Å². The Balaban J connectivity index is 2.07. The van der Waals surface area contributed by atoms with Crippen molar-refractivity contribution in [2.45, 2.75) is 6.54 Å². The van der Waals surface area contributed by atoms with Gasteiger partial charge in [-0.3, -0.25) is 4.68 Å². The van der Waals surface area contributed by atoms with Crippen LogP contribution in [0, 0.1) is 5.82 Å². The van der Waals surface area contributed by atoms with Gasteiger partial charge in [0.25, 0.3) is 0 Å². The molecule has 2 heterocycles. The van der Waals surface area contributed by atoms with Crippen LogP contribution in [0.3, 0.4) is 0 Å². The number of rotatable bonds is 3. The topological polar surface area (TPSA) is 55.6 Å². The van der Waals surface area contributed by atoms with Gasteiger partial charge in [0.2, 0.25) is 5.28 Å². The second-order valence-corrected chi connectivity index (χ2v) is 3.51. The quantitative estimate of drug-likeness (QED) is 0.830. The lowest BCUT2D eigenvalue weighted by molar-refractivity contribution is 0.616. The van der Waals surface area contributed by atoms with Crippen molar-refractivity contribution in [1.82, 2.24) is 19.7 Å². The highest BCUT2D eigenvalue weighted by Gasteiger charge is 2.05. The van der Waals surface area contributed by atoms with Crippen molar-refractivity contribution in [2.75, 3.05) is 5.32 Å². The molecule has 0 fully saturated rings. The fourth-order valence-corrected chi connectivity index (χ4v) is 1.33. The summed E-state index contributed by atoms with van der Waals surface area (Å²) in [4.78, 5) is 7.25. The molecule has 2 aromatic rings. The molecule has 0 bridgehead atoms. The van der Waals surface area contributed by atoms with Gasteiger partial charge in [0.1, 0.15) is 0 Å². The predicted octanol–water partition coefficient (Wildman–Crippen LogP) is 1.61. The van der Waals surface area contributed by atoms with Gasteiger partial charge in [0.05, 0.1) is 18.4 Å². The maximum Gasteiger partial charge on any atom is 0.224 e. The molecule has 0 aromatic carbocycles. The molecule has 16 heavy (non-hydrogen) atoms. The standard InChI is InChI=1S/C9H9ClFN5/c1-16-3-2-6(15-16)4-12-8-7(11)5-13-9(10)14-8/h2-3,5H,4H2,1H3,(H,12,13,14). The lowest BCUT2D eigenvalue weighted by atomic mass is 10.4. The van der Waals surface area contributed by atoms with Crippen molar-refractivity contribution in [2.24, 2.45) is 7.05 Å². The summed E-state index contributed by atoms with van der Waals surface area (Å²) >= 11 is 5.55. The second kappa shape index (κ2) is 4.44. The first-order valence-corrected chi connectivity index (χ1v) is 4.93. The van der Waals surface area contributed by atoms with E-state index in [1.807, 2.05) is 13.1 Å². The summed E-state index contributed by atoms with van der Waals surface area (Å²) in [5, 5.41) is 6.93. The van der Waals surface area contributed by atoms with Crippen LogP contribution in [-0.4, -0.2) is 19.7 Å². The number of aromatic nitrogens is 4. The zero-order chi connectivity index (χ0) is 11.5. The summed E-state index contributed by atoms with van der Waals surface area (Å²) in [6, 6.07) is 1.83. The minimum Gasteiger partial charge on any atom is -0.362 e. The third-order valence-electron chi connectivity index (χ3n) is 1.92. The van der Waals surface area contributed by atoms with Crippen molar-refractivity contribution < 1.29 is 4.39 Å². The molecule has 0 saturated heterocycles. The van der Waals surface area contributed by atoms with E-state index in [2.05, 4.69) is 20.4 Å². The molecule has 5 nitrogen and oxygen atoms in total. The molecule has 0 atom stereocenters. The van der Waals surface area contributed by atoms with Crippen LogP contribution in [0.4, 0.5) is 10.2 Å². The number of nitrogens with zero attached hydrogens (tertiary/aromatic N) is 4. The van der Waals surface area contributed by atoms with Crippen molar-refractivity contribution in [3.05, 3.63) is 35.3 Å². The highest BCUT2D eigenvalue weighted by Crippen LogP contribution is 2.12. The average Bonchev–Trinajstić information content (AvgIpc) is 2.66. The van der Waals surface area contributed by atoms with Gasteiger partial charge in [-0.1, -0.05) is 0 Å². The van der Waals surface area contributed by atoms with E-state index in [1.54, 1.807) is 10.9 Å². The van der Waals surface area contributed by atoms with Crippen molar-refractivity contribution in [3.8, 4) is 0 Å².